The van der Waals surface area contributed by atoms with Gasteiger partial charge in [-0.15, -0.1) is 0 Å². The molecule has 1 amide bonds. The van der Waals surface area contributed by atoms with Crippen LogP contribution in [-0.4, -0.2) is 66.4 Å². The molecule has 0 unspecified atom stereocenters. The second-order valence-electron chi connectivity index (χ2n) is 6.92. The lowest BCUT2D eigenvalue weighted by atomic mass is 10.3. The summed E-state index contributed by atoms with van der Waals surface area (Å²) >= 11 is 0. The number of amides is 1. The van der Waals surface area contributed by atoms with Gasteiger partial charge in [0.05, 0.1) is 19.8 Å². The van der Waals surface area contributed by atoms with E-state index < -0.39 is 0 Å². The van der Waals surface area contributed by atoms with E-state index >= 15 is 0 Å². The Kier molecular flexibility index (Phi) is 4.88. The van der Waals surface area contributed by atoms with E-state index in [9.17, 15) is 4.79 Å². The number of carbonyl (C=O) groups is 1. The van der Waals surface area contributed by atoms with Gasteiger partial charge in [0.2, 0.25) is 11.9 Å². The number of morpholine rings is 1. The summed E-state index contributed by atoms with van der Waals surface area (Å²) in [5, 5.41) is 6.66. The smallest absolute Gasteiger partial charge is 0.273 e. The molecule has 3 heterocycles. The highest BCUT2D eigenvalue weighted by Crippen LogP contribution is 2.40. The summed E-state index contributed by atoms with van der Waals surface area (Å²) in [7, 11) is 3.74. The maximum Gasteiger partial charge on any atom is 0.273 e. The van der Waals surface area contributed by atoms with E-state index in [0.717, 1.165) is 31.7 Å². The van der Waals surface area contributed by atoms with Crippen LogP contribution >= 0.6 is 0 Å². The van der Waals surface area contributed by atoms with Gasteiger partial charge in [0.25, 0.3) is 5.91 Å². The average Bonchev–Trinajstić information content (AvgIpc) is 3.43. The van der Waals surface area contributed by atoms with Crippen molar-refractivity contribution in [1.29, 1.82) is 0 Å². The Morgan fingerprint density at radius 2 is 2.04 bits per heavy atom. The monoisotopic (exact) mass is 373 g/mol. The third kappa shape index (κ3) is 4.16. The Labute approximate surface area is 156 Å². The van der Waals surface area contributed by atoms with Crippen molar-refractivity contribution in [3.05, 3.63) is 23.3 Å². The van der Waals surface area contributed by atoms with Gasteiger partial charge in [0.15, 0.2) is 11.5 Å². The summed E-state index contributed by atoms with van der Waals surface area (Å²) in [5.41, 5.74) is 0.284. The summed E-state index contributed by atoms with van der Waals surface area (Å²) in [6.07, 6.45) is 2.19. The number of carbonyl (C=O) groups excluding carboxylic acids is 1. The highest BCUT2D eigenvalue weighted by molar-refractivity contribution is 5.92. The molecule has 144 valence electrons. The molecule has 2 aliphatic rings. The molecule has 10 heteroatoms. The minimum absolute atomic E-state index is 0.186. The van der Waals surface area contributed by atoms with Crippen molar-refractivity contribution in [2.24, 2.45) is 0 Å². The molecule has 1 saturated heterocycles. The van der Waals surface area contributed by atoms with Gasteiger partial charge in [-0.05, 0) is 12.8 Å². The minimum Gasteiger partial charge on any atom is -0.378 e. The maximum absolute atomic E-state index is 12.3. The SMILES string of the molecule is CN(C)c1nc(CNC(=O)c2cc(C3CC3)on2)nc(N2CCOCC2)n1. The second kappa shape index (κ2) is 7.47. The van der Waals surface area contributed by atoms with Crippen LogP contribution in [0.25, 0.3) is 0 Å². The van der Waals surface area contributed by atoms with E-state index in [1.165, 1.54) is 0 Å². The lowest BCUT2D eigenvalue weighted by Gasteiger charge is -2.27. The van der Waals surface area contributed by atoms with Crippen molar-refractivity contribution < 1.29 is 14.1 Å². The summed E-state index contributed by atoms with van der Waals surface area (Å²) in [6, 6.07) is 1.71. The molecule has 0 radical (unpaired) electrons. The lowest BCUT2D eigenvalue weighted by molar-refractivity contribution is 0.0940. The molecule has 0 aromatic carbocycles. The molecule has 1 aliphatic carbocycles. The largest absolute Gasteiger partial charge is 0.378 e. The van der Waals surface area contributed by atoms with Crippen molar-refractivity contribution >= 4 is 17.8 Å². The van der Waals surface area contributed by atoms with Gasteiger partial charge in [-0.25, -0.2) is 0 Å². The molecule has 2 aromatic heterocycles. The fourth-order valence-corrected chi connectivity index (χ4v) is 2.79. The highest BCUT2D eigenvalue weighted by Gasteiger charge is 2.29. The van der Waals surface area contributed by atoms with Gasteiger partial charge in [0.1, 0.15) is 5.76 Å². The number of rotatable bonds is 6. The van der Waals surface area contributed by atoms with Crippen molar-refractivity contribution in [3.8, 4) is 0 Å². The van der Waals surface area contributed by atoms with E-state index in [2.05, 4.69) is 30.3 Å². The molecule has 10 nitrogen and oxygen atoms in total. The molecule has 4 rings (SSSR count). The Hall–Kier alpha value is -2.75. The fourth-order valence-electron chi connectivity index (χ4n) is 2.79. The van der Waals surface area contributed by atoms with Crippen molar-refractivity contribution in [3.63, 3.8) is 0 Å². The van der Waals surface area contributed by atoms with E-state index in [-0.39, 0.29) is 18.1 Å². The molecule has 0 spiro atoms. The van der Waals surface area contributed by atoms with Crippen LogP contribution in [0.5, 0.6) is 0 Å². The molecular formula is C17H23N7O3. The van der Waals surface area contributed by atoms with Gasteiger partial charge >= 0.3 is 0 Å². The molecule has 0 bridgehead atoms. The first-order valence-electron chi connectivity index (χ1n) is 9.10. The molecule has 1 saturated carbocycles. The Bertz CT molecular complexity index is 813. The third-order valence-corrected chi connectivity index (χ3v) is 4.50. The number of ether oxygens (including phenoxy) is 1. The molecule has 0 atom stereocenters. The average molecular weight is 373 g/mol. The molecule has 2 aromatic rings. The maximum atomic E-state index is 12.3. The van der Waals surface area contributed by atoms with Crippen LogP contribution in [0.15, 0.2) is 10.6 Å². The molecule has 1 aliphatic heterocycles. The Balaban J connectivity index is 1.46. The summed E-state index contributed by atoms with van der Waals surface area (Å²) < 4.78 is 10.6. The number of hydrogen-bond donors (Lipinski definition) is 1. The highest BCUT2D eigenvalue weighted by atomic mass is 16.5. The summed E-state index contributed by atoms with van der Waals surface area (Å²) in [4.78, 5) is 29.7. The predicted molar refractivity (Wildman–Crippen MR) is 96.8 cm³/mol. The number of aromatic nitrogens is 4. The first-order chi connectivity index (χ1) is 13.1. The van der Waals surface area contributed by atoms with Crippen molar-refractivity contribution in [2.45, 2.75) is 25.3 Å². The zero-order valence-corrected chi connectivity index (χ0v) is 15.5. The van der Waals surface area contributed by atoms with Crippen LogP contribution in [-0.2, 0) is 11.3 Å². The molecule has 1 N–H and O–H groups in total. The van der Waals surface area contributed by atoms with Gasteiger partial charge in [-0.1, -0.05) is 5.16 Å². The van der Waals surface area contributed by atoms with E-state index in [4.69, 9.17) is 9.26 Å². The lowest BCUT2D eigenvalue weighted by Crippen LogP contribution is -2.38. The zero-order valence-electron chi connectivity index (χ0n) is 15.5. The number of hydrogen-bond acceptors (Lipinski definition) is 9. The van der Waals surface area contributed by atoms with E-state index in [1.54, 1.807) is 6.07 Å². The first kappa shape index (κ1) is 17.7. The predicted octanol–water partition coefficient (Wildman–Crippen LogP) is 0.570. The normalized spacial score (nSPS) is 17.0. The van der Waals surface area contributed by atoms with Gasteiger partial charge in [-0.3, -0.25) is 4.79 Å². The third-order valence-electron chi connectivity index (χ3n) is 4.50. The molecule has 2 fully saturated rings. The number of anilines is 2. The second-order valence-corrected chi connectivity index (χ2v) is 6.92. The molecule has 27 heavy (non-hydrogen) atoms. The zero-order chi connectivity index (χ0) is 18.8. The van der Waals surface area contributed by atoms with Crippen molar-refractivity contribution in [2.75, 3.05) is 50.2 Å². The van der Waals surface area contributed by atoms with Gasteiger partial charge < -0.3 is 24.4 Å². The van der Waals surface area contributed by atoms with E-state index in [0.29, 0.717) is 36.9 Å². The first-order valence-corrected chi connectivity index (χ1v) is 9.10. The number of nitrogens with zero attached hydrogens (tertiary/aromatic N) is 6. The standard InChI is InChI=1S/C17H23N7O3/c1-23(2)16-19-14(20-17(21-16)24-5-7-26-8-6-24)10-18-15(25)12-9-13(27-22-12)11-3-4-11/h9,11H,3-8,10H2,1-2H3,(H,18,25). The van der Waals surface area contributed by atoms with Crippen LogP contribution in [0.1, 0.15) is 40.8 Å². The van der Waals surface area contributed by atoms with Gasteiger partial charge in [0, 0.05) is 39.2 Å². The minimum atomic E-state index is -0.301. The van der Waals surface area contributed by atoms with E-state index in [1.807, 2.05) is 19.0 Å². The number of nitrogens with one attached hydrogen (secondary N) is 1. The van der Waals surface area contributed by atoms with Crippen LogP contribution < -0.4 is 15.1 Å². The Morgan fingerprint density at radius 1 is 1.26 bits per heavy atom. The molecular weight excluding hydrogens is 350 g/mol. The summed E-state index contributed by atoms with van der Waals surface area (Å²) in [5.74, 6) is 2.54. The van der Waals surface area contributed by atoms with Gasteiger partial charge in [-0.2, -0.15) is 15.0 Å². The topological polar surface area (TPSA) is 110 Å². The van der Waals surface area contributed by atoms with Crippen molar-refractivity contribution in [1.82, 2.24) is 25.4 Å². The summed E-state index contributed by atoms with van der Waals surface area (Å²) in [6.45, 7) is 2.93. The van der Waals surface area contributed by atoms with Crippen LogP contribution in [0.4, 0.5) is 11.9 Å². The van der Waals surface area contributed by atoms with Crippen LogP contribution in [0.3, 0.4) is 0 Å². The Morgan fingerprint density at radius 3 is 2.74 bits per heavy atom. The quantitative estimate of drug-likeness (QED) is 0.777. The van der Waals surface area contributed by atoms with Crippen LogP contribution in [0.2, 0.25) is 0 Å². The fraction of sp³-hybridized carbons (Fsp3) is 0.588. The van der Waals surface area contributed by atoms with Crippen LogP contribution in [0, 0.1) is 0 Å².